The Labute approximate surface area is 198 Å². The number of likely N-dealkylation sites (tertiary alicyclic amines) is 1. The van der Waals surface area contributed by atoms with Crippen molar-refractivity contribution in [1.82, 2.24) is 9.21 Å². The van der Waals surface area contributed by atoms with E-state index in [2.05, 4.69) is 5.32 Å². The molecule has 1 aliphatic rings. The molecule has 0 atom stereocenters. The van der Waals surface area contributed by atoms with Gasteiger partial charge in [0.25, 0.3) is 0 Å². The number of alkyl halides is 3. The van der Waals surface area contributed by atoms with Gasteiger partial charge in [0.1, 0.15) is 0 Å². The Morgan fingerprint density at radius 1 is 1.12 bits per heavy atom. The van der Waals surface area contributed by atoms with Gasteiger partial charge >= 0.3 is 6.18 Å². The first-order valence-corrected chi connectivity index (χ1v) is 12.6. The maximum atomic E-state index is 13.3. The Kier molecular flexibility index (Phi) is 8.05. The molecule has 1 amide bonds. The number of halogens is 3. The first-order chi connectivity index (χ1) is 15.9. The van der Waals surface area contributed by atoms with E-state index < -0.39 is 27.8 Å². The molecule has 0 bridgehead atoms. The number of anilines is 1. The van der Waals surface area contributed by atoms with Gasteiger partial charge in [-0.1, -0.05) is 23.8 Å². The summed E-state index contributed by atoms with van der Waals surface area (Å²) < 4.78 is 67.3. The van der Waals surface area contributed by atoms with Crippen molar-refractivity contribution in [3.63, 3.8) is 0 Å². The van der Waals surface area contributed by atoms with E-state index in [1.165, 1.54) is 10.4 Å². The lowest BCUT2D eigenvalue weighted by Gasteiger charge is -2.39. The highest BCUT2D eigenvalue weighted by molar-refractivity contribution is 7.89. The summed E-state index contributed by atoms with van der Waals surface area (Å²) in [6.45, 7) is 6.59. The summed E-state index contributed by atoms with van der Waals surface area (Å²) in [6.07, 6.45) is -3.67. The van der Waals surface area contributed by atoms with Crippen LogP contribution in [0.1, 0.15) is 37.8 Å². The summed E-state index contributed by atoms with van der Waals surface area (Å²) in [5, 5.41) is 2.85. The molecule has 186 valence electrons. The van der Waals surface area contributed by atoms with Gasteiger partial charge in [-0.25, -0.2) is 8.42 Å². The normalized spacial score (nSPS) is 16.2. The molecule has 0 saturated carbocycles. The molecule has 3 rings (SSSR count). The molecule has 0 radical (unpaired) electrons. The minimum absolute atomic E-state index is 0.153. The van der Waals surface area contributed by atoms with Crippen molar-refractivity contribution >= 4 is 21.6 Å². The lowest BCUT2D eigenvalue weighted by molar-refractivity contribution is -0.137. The van der Waals surface area contributed by atoms with Crippen molar-refractivity contribution in [3.05, 3.63) is 59.7 Å². The van der Waals surface area contributed by atoms with E-state index in [9.17, 15) is 26.4 Å². The maximum absolute atomic E-state index is 13.3. The molecule has 0 aromatic heterocycles. The summed E-state index contributed by atoms with van der Waals surface area (Å²) in [5.74, 6) is -0.153. The van der Waals surface area contributed by atoms with Gasteiger partial charge in [0, 0.05) is 30.9 Å². The van der Waals surface area contributed by atoms with Gasteiger partial charge in [-0.15, -0.1) is 0 Å². The molecular formula is C24H30F3N3O3S. The van der Waals surface area contributed by atoms with Crippen LogP contribution in [0.4, 0.5) is 18.9 Å². The van der Waals surface area contributed by atoms with Gasteiger partial charge in [-0.05, 0) is 63.9 Å². The average molecular weight is 498 g/mol. The van der Waals surface area contributed by atoms with Crippen molar-refractivity contribution in [2.75, 3.05) is 25.0 Å². The quantitative estimate of drug-likeness (QED) is 0.611. The van der Waals surface area contributed by atoms with Crippen LogP contribution in [0.15, 0.2) is 53.4 Å². The van der Waals surface area contributed by atoms with Gasteiger partial charge in [0.15, 0.2) is 0 Å². The van der Waals surface area contributed by atoms with E-state index in [0.717, 1.165) is 17.7 Å². The SMILES string of the molecule is Cc1ccc(NC(=O)CN2CCC(N(C(C)C)S(=O)(=O)c3cccc(C(F)(F)F)c3)CC2)cc1. The number of carbonyl (C=O) groups is 1. The number of aryl methyl sites for hydroxylation is 1. The topological polar surface area (TPSA) is 69.7 Å². The van der Waals surface area contributed by atoms with Crippen LogP contribution in [0, 0.1) is 6.92 Å². The largest absolute Gasteiger partial charge is 0.416 e. The summed E-state index contributed by atoms with van der Waals surface area (Å²) in [6, 6.07) is 10.6. The molecule has 6 nitrogen and oxygen atoms in total. The number of carbonyl (C=O) groups excluding carboxylic acids is 1. The summed E-state index contributed by atoms with van der Waals surface area (Å²) >= 11 is 0. The molecule has 1 aliphatic heterocycles. The zero-order valence-electron chi connectivity index (χ0n) is 19.5. The Bertz CT molecular complexity index is 1090. The molecule has 0 unspecified atom stereocenters. The molecule has 1 N–H and O–H groups in total. The third-order valence-corrected chi connectivity index (χ3v) is 7.99. The van der Waals surface area contributed by atoms with E-state index >= 15 is 0 Å². The van der Waals surface area contributed by atoms with E-state index in [-0.39, 0.29) is 23.4 Å². The Balaban J connectivity index is 1.66. The molecule has 1 fully saturated rings. The van der Waals surface area contributed by atoms with Gasteiger partial charge in [-0.2, -0.15) is 17.5 Å². The second kappa shape index (κ2) is 10.5. The second-order valence-corrected chi connectivity index (χ2v) is 10.7. The zero-order chi connectivity index (χ0) is 25.1. The van der Waals surface area contributed by atoms with Crippen molar-refractivity contribution in [2.24, 2.45) is 0 Å². The number of amides is 1. The van der Waals surface area contributed by atoms with Crippen LogP contribution < -0.4 is 5.32 Å². The highest BCUT2D eigenvalue weighted by Crippen LogP contribution is 2.33. The maximum Gasteiger partial charge on any atom is 0.416 e. The number of nitrogens with one attached hydrogen (secondary N) is 1. The van der Waals surface area contributed by atoms with Gasteiger partial charge in [0.05, 0.1) is 17.0 Å². The number of sulfonamides is 1. The smallest absolute Gasteiger partial charge is 0.325 e. The Morgan fingerprint density at radius 2 is 1.74 bits per heavy atom. The summed E-state index contributed by atoms with van der Waals surface area (Å²) in [5.41, 5.74) is 0.810. The van der Waals surface area contributed by atoms with E-state index in [0.29, 0.717) is 37.7 Å². The molecule has 1 saturated heterocycles. The van der Waals surface area contributed by atoms with Gasteiger partial charge < -0.3 is 5.32 Å². The van der Waals surface area contributed by atoms with Crippen molar-refractivity contribution in [3.8, 4) is 0 Å². The second-order valence-electron chi connectivity index (χ2n) is 8.88. The number of hydrogen-bond donors (Lipinski definition) is 1. The fraction of sp³-hybridized carbons (Fsp3) is 0.458. The van der Waals surface area contributed by atoms with Crippen LogP contribution in [0.3, 0.4) is 0 Å². The van der Waals surface area contributed by atoms with Crippen LogP contribution in [0.5, 0.6) is 0 Å². The molecule has 0 spiro atoms. The third kappa shape index (κ3) is 6.37. The van der Waals surface area contributed by atoms with Gasteiger partial charge in [0.2, 0.25) is 15.9 Å². The van der Waals surface area contributed by atoms with E-state index in [1.807, 2.05) is 36.1 Å². The minimum Gasteiger partial charge on any atom is -0.325 e. The zero-order valence-corrected chi connectivity index (χ0v) is 20.3. The highest BCUT2D eigenvalue weighted by Gasteiger charge is 2.37. The first kappa shape index (κ1) is 26.2. The standard InChI is InChI=1S/C24H30F3N3O3S/c1-17(2)30(34(32,33)22-6-4-5-19(15-22)24(25,26)27)21-11-13-29(14-12-21)16-23(31)28-20-9-7-18(3)8-10-20/h4-10,15,17,21H,11-14,16H2,1-3H3,(H,28,31). The van der Waals surface area contributed by atoms with Crippen LogP contribution in [-0.2, 0) is 21.0 Å². The molecule has 1 heterocycles. The summed E-state index contributed by atoms with van der Waals surface area (Å²) in [7, 11) is -4.13. The van der Waals surface area contributed by atoms with Crippen LogP contribution in [-0.4, -0.2) is 55.2 Å². The van der Waals surface area contributed by atoms with E-state index in [4.69, 9.17) is 0 Å². The van der Waals surface area contributed by atoms with E-state index in [1.54, 1.807) is 13.8 Å². The van der Waals surface area contributed by atoms with Crippen molar-refractivity contribution in [1.29, 1.82) is 0 Å². The van der Waals surface area contributed by atoms with Crippen molar-refractivity contribution < 1.29 is 26.4 Å². The Morgan fingerprint density at radius 3 is 2.29 bits per heavy atom. The molecular weight excluding hydrogens is 467 g/mol. The predicted octanol–water partition coefficient (Wildman–Crippen LogP) is 4.52. The van der Waals surface area contributed by atoms with Crippen molar-refractivity contribution in [2.45, 2.75) is 56.8 Å². The van der Waals surface area contributed by atoms with Crippen LogP contribution in [0.2, 0.25) is 0 Å². The molecule has 0 aliphatic carbocycles. The number of piperidine rings is 1. The molecule has 34 heavy (non-hydrogen) atoms. The Hall–Kier alpha value is -2.43. The number of benzene rings is 2. The fourth-order valence-electron chi connectivity index (χ4n) is 4.22. The van der Waals surface area contributed by atoms with Crippen LogP contribution in [0.25, 0.3) is 0 Å². The van der Waals surface area contributed by atoms with Gasteiger partial charge in [-0.3, -0.25) is 9.69 Å². The third-order valence-electron chi connectivity index (χ3n) is 5.87. The van der Waals surface area contributed by atoms with Crippen LogP contribution >= 0.6 is 0 Å². The number of rotatable bonds is 7. The molecule has 2 aromatic rings. The minimum atomic E-state index is -4.63. The monoisotopic (exact) mass is 497 g/mol. The lowest BCUT2D eigenvalue weighted by Crippen LogP contribution is -2.51. The fourth-order valence-corrected chi connectivity index (χ4v) is 6.15. The highest BCUT2D eigenvalue weighted by atomic mass is 32.2. The first-order valence-electron chi connectivity index (χ1n) is 11.2. The number of hydrogen-bond acceptors (Lipinski definition) is 4. The molecule has 10 heteroatoms. The average Bonchev–Trinajstić information content (AvgIpc) is 2.76. The summed E-state index contributed by atoms with van der Waals surface area (Å²) in [4.78, 5) is 14.0. The predicted molar refractivity (Wildman–Crippen MR) is 125 cm³/mol. The number of nitrogens with zero attached hydrogens (tertiary/aromatic N) is 2. The molecule has 2 aromatic carbocycles. The lowest BCUT2D eigenvalue weighted by atomic mass is 10.0.